The second-order valence-electron chi connectivity index (χ2n) is 24.4. The summed E-state index contributed by atoms with van der Waals surface area (Å²) in [7, 11) is -2.15. The van der Waals surface area contributed by atoms with Crippen molar-refractivity contribution in [2.75, 3.05) is 21.4 Å². The van der Waals surface area contributed by atoms with Crippen molar-refractivity contribution in [1.29, 1.82) is 0 Å². The molecule has 72 heavy (non-hydrogen) atoms. The molecule has 0 N–H and O–H groups in total. The van der Waals surface area contributed by atoms with Gasteiger partial charge in [-0.1, -0.05) is 187 Å². The third kappa shape index (κ3) is 9.04. The van der Waals surface area contributed by atoms with E-state index in [0.29, 0.717) is 23.7 Å². The largest absolute Gasteiger partial charge is 0.457 e. The van der Waals surface area contributed by atoms with Crippen LogP contribution < -0.4 is 29.8 Å². The quantitative estimate of drug-likeness (QED) is 0.149. The third-order valence-corrected chi connectivity index (χ3v) is 18.2. The predicted molar refractivity (Wildman–Crippen MR) is 310 cm³/mol. The Bertz CT molecular complexity index is 3590. The molecule has 0 aliphatic carbocycles. The maximum atomic E-state index is 9.48. The lowest BCUT2D eigenvalue weighted by Gasteiger charge is -2.40. The molecule has 2 aliphatic rings. The number of pyridine rings is 1. The van der Waals surface area contributed by atoms with Gasteiger partial charge in [-0.2, -0.15) is 0 Å². The Labute approximate surface area is 438 Å². The molecule has 6 heteroatoms. The minimum absolute atomic E-state index is 0.0628. The molecule has 0 radical (unpaired) electrons. The molecular formula is C66H72N4OSi. The summed E-state index contributed by atoms with van der Waals surface area (Å²) in [6.45, 7) is 31.8. The highest BCUT2D eigenvalue weighted by Crippen LogP contribution is 2.52. The molecule has 0 atom stereocenters. The molecule has 0 bridgehead atoms. The predicted octanol–water partition coefficient (Wildman–Crippen LogP) is 17.3. The average molecular weight is 970 g/mol. The van der Waals surface area contributed by atoms with Crippen LogP contribution in [0.4, 0.5) is 39.9 Å². The van der Waals surface area contributed by atoms with Gasteiger partial charge in [-0.25, -0.2) is 4.98 Å². The molecule has 1 aromatic heterocycles. The highest BCUT2D eigenvalue weighted by Gasteiger charge is 2.40. The Morgan fingerprint density at radius 2 is 1.04 bits per heavy atom. The molecule has 0 saturated heterocycles. The van der Waals surface area contributed by atoms with E-state index < -0.39 is 14.1 Å². The van der Waals surface area contributed by atoms with Gasteiger partial charge in [0.25, 0.3) is 0 Å². The lowest BCUT2D eigenvalue weighted by Crippen LogP contribution is -2.58. The average Bonchev–Trinajstić information content (AvgIpc) is 3.97. The molecule has 8 aromatic rings. The molecular weight excluding hydrogens is 893 g/mol. The minimum Gasteiger partial charge on any atom is -0.457 e. The minimum atomic E-state index is -2.15. The third-order valence-electron chi connectivity index (χ3n) is 14.6. The zero-order chi connectivity index (χ0) is 55.5. The van der Waals surface area contributed by atoms with Gasteiger partial charge in [0.2, 0.25) is 0 Å². The van der Waals surface area contributed by atoms with Crippen molar-refractivity contribution in [3.63, 3.8) is 0 Å². The van der Waals surface area contributed by atoms with E-state index in [1.165, 1.54) is 27.1 Å². The monoisotopic (exact) mass is 970 g/mol. The summed E-state index contributed by atoms with van der Waals surface area (Å²) in [4.78, 5) is 11.8. The van der Waals surface area contributed by atoms with E-state index in [4.69, 9.17) is 13.8 Å². The highest BCUT2D eigenvalue weighted by molar-refractivity contribution is 7.02. The van der Waals surface area contributed by atoms with Crippen LogP contribution in [0.15, 0.2) is 170 Å². The van der Waals surface area contributed by atoms with Gasteiger partial charge in [-0.15, -0.1) is 0 Å². The van der Waals surface area contributed by atoms with E-state index in [1.807, 2.05) is 30.5 Å². The fourth-order valence-electron chi connectivity index (χ4n) is 10.3. The topological polar surface area (TPSA) is 31.8 Å². The molecule has 10 rings (SSSR count). The molecule has 366 valence electrons. The molecule has 0 spiro atoms. The molecule has 5 nitrogen and oxygen atoms in total. The van der Waals surface area contributed by atoms with Crippen molar-refractivity contribution in [1.82, 2.24) is 4.98 Å². The number of hydrogen-bond donors (Lipinski definition) is 0. The van der Waals surface area contributed by atoms with E-state index in [-0.39, 0.29) is 51.4 Å². The van der Waals surface area contributed by atoms with Crippen molar-refractivity contribution in [2.45, 2.75) is 118 Å². The Balaban J connectivity index is 1.12. The first-order chi connectivity index (χ1) is 36.0. The second kappa shape index (κ2) is 17.7. The van der Waals surface area contributed by atoms with Crippen LogP contribution in [0.2, 0.25) is 13.1 Å². The van der Waals surface area contributed by atoms with Crippen LogP contribution in [0.3, 0.4) is 0 Å². The number of fused-ring (bicyclic) bond motifs is 3. The van der Waals surface area contributed by atoms with E-state index in [9.17, 15) is 2.74 Å². The number of para-hydroxylation sites is 3. The van der Waals surface area contributed by atoms with Gasteiger partial charge in [0.05, 0.1) is 29.6 Å². The molecule has 2 aliphatic heterocycles. The zero-order valence-corrected chi connectivity index (χ0v) is 45.7. The lowest BCUT2D eigenvalue weighted by molar-refractivity contribution is 0.483. The molecule has 0 saturated carbocycles. The van der Waals surface area contributed by atoms with Gasteiger partial charge in [0.1, 0.15) is 32.1 Å². The van der Waals surface area contributed by atoms with Crippen LogP contribution in [0.1, 0.15) is 112 Å². The van der Waals surface area contributed by atoms with E-state index >= 15 is 0 Å². The number of rotatable bonds is 7. The van der Waals surface area contributed by atoms with Crippen LogP contribution in [0.5, 0.6) is 11.5 Å². The van der Waals surface area contributed by atoms with Crippen LogP contribution in [-0.4, -0.2) is 19.7 Å². The number of nitrogens with zero attached hydrogens (tertiary/aromatic N) is 4. The highest BCUT2D eigenvalue weighted by atomic mass is 28.3. The number of anilines is 7. The van der Waals surface area contributed by atoms with Gasteiger partial charge < -0.3 is 14.5 Å². The van der Waals surface area contributed by atoms with Crippen molar-refractivity contribution >= 4 is 58.4 Å². The summed E-state index contributed by atoms with van der Waals surface area (Å²) < 4.78 is 52.4. The summed E-state index contributed by atoms with van der Waals surface area (Å²) in [5.41, 5.74) is 12.2. The number of benzene rings is 7. The van der Waals surface area contributed by atoms with Crippen molar-refractivity contribution in [2.24, 2.45) is 0 Å². The number of ether oxygens (including phenoxy) is 1. The van der Waals surface area contributed by atoms with Crippen molar-refractivity contribution in [3.05, 3.63) is 192 Å². The second-order valence-corrected chi connectivity index (χ2v) is 28.7. The molecule has 0 unspecified atom stereocenters. The first-order valence-electron chi connectivity index (χ1n) is 27.9. The van der Waals surface area contributed by atoms with Crippen LogP contribution in [-0.2, 0) is 21.7 Å². The maximum Gasteiger partial charge on any atom is 0.137 e. The Morgan fingerprint density at radius 3 is 1.68 bits per heavy atom. The van der Waals surface area contributed by atoms with Crippen LogP contribution in [0.25, 0.3) is 22.3 Å². The SMILES string of the molecule is [2H]c1c([2H])c([2H])c(-c2cc(C(C)(C)C)cc(-c3cc(C(C)(C)C)cc(C(C)(C)C)c3)c2N2CN(c3cccc(Oc4ccc5c(c4)N(c4cc(C(C)(C)C)ccn4)c4ccccc4[Si]5(C)C)c3)c3ccccc32)c([2H])c1[2H]. The maximum absolute atomic E-state index is 9.48. The normalized spacial score (nSPS) is 15.5. The first-order valence-corrected chi connectivity index (χ1v) is 28.4. The number of hydrogen-bond acceptors (Lipinski definition) is 5. The van der Waals surface area contributed by atoms with Gasteiger partial charge in [0.15, 0.2) is 0 Å². The summed E-state index contributed by atoms with van der Waals surface area (Å²) in [6, 6.07) is 45.7. The van der Waals surface area contributed by atoms with Crippen LogP contribution >= 0.6 is 0 Å². The fourth-order valence-corrected chi connectivity index (χ4v) is 13.3. The van der Waals surface area contributed by atoms with Gasteiger partial charge >= 0.3 is 0 Å². The smallest absolute Gasteiger partial charge is 0.137 e. The standard InChI is InChI=1S/C66H72N4OSi/c1-63(2,3)46-33-34-67-61(40-46)70-57-29-20-21-30-59(57)72(13,14)60-32-31-52(42-58(60)70)71-51-26-22-25-50(41-51)68-43-69(56-28-19-18-27-55(56)68)62-53(44-23-16-15-17-24-44)38-49(66(10,11)12)39-54(62)45-35-47(64(4,5)6)37-48(36-45)65(7,8)9/h15-42H,43H2,1-14H3/i15D,16D,17D,23D,24D. The zero-order valence-electron chi connectivity index (χ0n) is 49.7. The van der Waals surface area contributed by atoms with Crippen molar-refractivity contribution in [3.8, 4) is 33.8 Å². The van der Waals surface area contributed by atoms with Gasteiger partial charge in [-0.3, -0.25) is 4.90 Å². The molecule has 0 fully saturated rings. The molecule has 3 heterocycles. The number of aromatic nitrogens is 1. The summed E-state index contributed by atoms with van der Waals surface area (Å²) in [6.07, 6.45) is 1.92. The summed E-state index contributed by atoms with van der Waals surface area (Å²) >= 11 is 0. The van der Waals surface area contributed by atoms with Crippen molar-refractivity contribution < 1.29 is 11.6 Å². The lowest BCUT2D eigenvalue weighted by atomic mass is 9.77. The van der Waals surface area contributed by atoms with E-state index in [0.717, 1.165) is 56.6 Å². The van der Waals surface area contributed by atoms with E-state index in [1.54, 1.807) is 0 Å². The first kappa shape index (κ1) is 42.8. The Morgan fingerprint density at radius 1 is 0.486 bits per heavy atom. The fraction of sp³-hybridized carbons (Fsp3) is 0.288. The van der Waals surface area contributed by atoms with E-state index in [2.05, 4.69) is 220 Å². The molecule has 0 amide bonds. The van der Waals surface area contributed by atoms with Crippen LogP contribution in [0, 0.1) is 0 Å². The van der Waals surface area contributed by atoms with Gasteiger partial charge in [0, 0.05) is 40.8 Å². The summed E-state index contributed by atoms with van der Waals surface area (Å²) in [5.74, 6) is 2.26. The Kier molecular flexibility index (Phi) is 10.5. The Hall–Kier alpha value is -6.89. The molecule has 7 aromatic carbocycles. The summed E-state index contributed by atoms with van der Waals surface area (Å²) in [5, 5.41) is 2.68. The van der Waals surface area contributed by atoms with Gasteiger partial charge in [-0.05, 0) is 126 Å².